The van der Waals surface area contributed by atoms with E-state index in [4.69, 9.17) is 0 Å². The van der Waals surface area contributed by atoms with Crippen LogP contribution in [0.25, 0.3) is 0 Å². The first-order valence-electron chi connectivity index (χ1n) is 3.37. The second-order valence-electron chi connectivity index (χ2n) is 2.93. The fraction of sp³-hybridized carbons (Fsp3) is 1.00. The summed E-state index contributed by atoms with van der Waals surface area (Å²) in [6.45, 7) is 3.94. The summed E-state index contributed by atoms with van der Waals surface area (Å²) < 4.78 is 11.6. The molecular formula is C7H16FN. The maximum atomic E-state index is 11.6. The average molecular weight is 133 g/mol. The van der Waals surface area contributed by atoms with E-state index >= 15 is 0 Å². The van der Waals surface area contributed by atoms with E-state index < -0.39 is 0 Å². The number of alkyl halides is 1. The molecular weight excluding hydrogens is 117 g/mol. The third-order valence-electron chi connectivity index (χ3n) is 1.61. The number of hydrogen-bond acceptors (Lipinski definition) is 1. The lowest BCUT2D eigenvalue weighted by atomic mass is 9.99. The Morgan fingerprint density at radius 3 is 2.33 bits per heavy atom. The molecule has 0 aromatic heterocycles. The molecule has 0 aromatic rings. The average Bonchev–Trinajstić information content (AvgIpc) is 1.84. The fourth-order valence-electron chi connectivity index (χ4n) is 0.634. The van der Waals surface area contributed by atoms with Crippen molar-refractivity contribution < 1.29 is 4.39 Å². The van der Waals surface area contributed by atoms with Crippen LogP contribution in [-0.4, -0.2) is 19.3 Å². The summed E-state index contributed by atoms with van der Waals surface area (Å²) in [6.07, 6.45) is 1.56. The van der Waals surface area contributed by atoms with Crippen LogP contribution in [0.3, 0.4) is 0 Å². The summed E-state index contributed by atoms with van der Waals surface area (Å²) in [7, 11) is 1.90. The van der Waals surface area contributed by atoms with Crippen LogP contribution < -0.4 is 5.32 Å². The Bertz CT molecular complexity index is 71.3. The van der Waals surface area contributed by atoms with Gasteiger partial charge in [0, 0.05) is 5.54 Å². The first-order valence-corrected chi connectivity index (χ1v) is 3.37. The van der Waals surface area contributed by atoms with Crippen LogP contribution in [0.2, 0.25) is 0 Å². The molecule has 0 amide bonds. The minimum Gasteiger partial charge on any atom is -0.315 e. The quantitative estimate of drug-likeness (QED) is 0.616. The van der Waals surface area contributed by atoms with Crippen molar-refractivity contribution in [2.75, 3.05) is 13.7 Å². The Hall–Kier alpha value is -0.110. The number of nitrogens with one attached hydrogen (secondary N) is 1. The van der Waals surface area contributed by atoms with Crippen molar-refractivity contribution in [2.24, 2.45) is 0 Å². The zero-order valence-electron chi connectivity index (χ0n) is 6.50. The lowest BCUT2D eigenvalue weighted by molar-refractivity contribution is 0.350. The molecule has 1 nitrogen and oxygen atoms in total. The standard InChI is InChI=1S/C7H16FN/c1-7(2,9-3)5-4-6-8/h9H,4-6H2,1-3H3. The summed E-state index contributed by atoms with van der Waals surface area (Å²) in [5.74, 6) is 0. The molecule has 0 saturated heterocycles. The molecule has 0 unspecified atom stereocenters. The summed E-state index contributed by atoms with van der Waals surface area (Å²) >= 11 is 0. The van der Waals surface area contributed by atoms with Gasteiger partial charge in [0.05, 0.1) is 6.67 Å². The summed E-state index contributed by atoms with van der Waals surface area (Å²) in [5, 5.41) is 3.11. The van der Waals surface area contributed by atoms with Gasteiger partial charge in [0.25, 0.3) is 0 Å². The van der Waals surface area contributed by atoms with E-state index in [9.17, 15) is 4.39 Å². The van der Waals surface area contributed by atoms with Gasteiger partial charge in [0.15, 0.2) is 0 Å². The lowest BCUT2D eigenvalue weighted by Gasteiger charge is -2.22. The molecule has 0 aliphatic carbocycles. The first kappa shape index (κ1) is 8.89. The molecule has 0 bridgehead atoms. The van der Waals surface area contributed by atoms with Crippen molar-refractivity contribution in [3.05, 3.63) is 0 Å². The molecule has 2 heteroatoms. The zero-order chi connectivity index (χ0) is 7.33. The second-order valence-corrected chi connectivity index (χ2v) is 2.93. The molecule has 0 heterocycles. The van der Waals surface area contributed by atoms with Gasteiger partial charge in [-0.15, -0.1) is 0 Å². The van der Waals surface area contributed by atoms with E-state index in [1.807, 2.05) is 7.05 Å². The van der Waals surface area contributed by atoms with E-state index in [0.717, 1.165) is 6.42 Å². The van der Waals surface area contributed by atoms with Crippen LogP contribution in [0.4, 0.5) is 4.39 Å². The molecule has 0 aliphatic rings. The van der Waals surface area contributed by atoms with Crippen molar-refractivity contribution in [3.8, 4) is 0 Å². The Balaban J connectivity index is 3.33. The maximum absolute atomic E-state index is 11.6. The van der Waals surface area contributed by atoms with Crippen LogP contribution in [0.1, 0.15) is 26.7 Å². The molecule has 0 saturated carbocycles. The smallest absolute Gasteiger partial charge is 0.0895 e. The van der Waals surface area contributed by atoms with Crippen molar-refractivity contribution in [3.63, 3.8) is 0 Å². The molecule has 0 aliphatic heterocycles. The minimum absolute atomic E-state index is 0.103. The molecule has 1 N–H and O–H groups in total. The molecule has 0 spiro atoms. The topological polar surface area (TPSA) is 12.0 Å². The summed E-state index contributed by atoms with van der Waals surface area (Å²) in [4.78, 5) is 0. The SMILES string of the molecule is CNC(C)(C)CCCF. The highest BCUT2D eigenvalue weighted by molar-refractivity contribution is 4.74. The molecule has 0 fully saturated rings. The lowest BCUT2D eigenvalue weighted by Crippen LogP contribution is -2.35. The molecule has 56 valence electrons. The third-order valence-corrected chi connectivity index (χ3v) is 1.61. The molecule has 0 radical (unpaired) electrons. The monoisotopic (exact) mass is 133 g/mol. The van der Waals surface area contributed by atoms with Crippen molar-refractivity contribution in [2.45, 2.75) is 32.2 Å². The Morgan fingerprint density at radius 1 is 1.44 bits per heavy atom. The highest BCUT2D eigenvalue weighted by Crippen LogP contribution is 2.09. The number of rotatable bonds is 4. The van der Waals surface area contributed by atoms with E-state index in [2.05, 4.69) is 19.2 Å². The largest absolute Gasteiger partial charge is 0.315 e. The van der Waals surface area contributed by atoms with Crippen LogP contribution >= 0.6 is 0 Å². The van der Waals surface area contributed by atoms with Gasteiger partial charge in [-0.2, -0.15) is 0 Å². The number of halogens is 1. The van der Waals surface area contributed by atoms with Crippen molar-refractivity contribution in [1.29, 1.82) is 0 Å². The van der Waals surface area contributed by atoms with E-state index in [1.54, 1.807) is 0 Å². The predicted octanol–water partition coefficient (Wildman–Crippen LogP) is 1.73. The highest BCUT2D eigenvalue weighted by Gasteiger charge is 2.12. The van der Waals surface area contributed by atoms with Crippen molar-refractivity contribution in [1.82, 2.24) is 5.32 Å². The molecule has 0 aromatic carbocycles. The van der Waals surface area contributed by atoms with E-state index in [-0.39, 0.29) is 12.2 Å². The van der Waals surface area contributed by atoms with Gasteiger partial charge in [-0.05, 0) is 33.7 Å². The van der Waals surface area contributed by atoms with Gasteiger partial charge in [-0.25, -0.2) is 0 Å². The van der Waals surface area contributed by atoms with Gasteiger partial charge < -0.3 is 5.32 Å². The number of hydrogen-bond donors (Lipinski definition) is 1. The maximum Gasteiger partial charge on any atom is 0.0895 e. The van der Waals surface area contributed by atoms with Crippen molar-refractivity contribution >= 4 is 0 Å². The summed E-state index contributed by atoms with van der Waals surface area (Å²) in [5.41, 5.74) is 0.103. The van der Waals surface area contributed by atoms with Crippen LogP contribution in [0.5, 0.6) is 0 Å². The van der Waals surface area contributed by atoms with Gasteiger partial charge in [0.2, 0.25) is 0 Å². The zero-order valence-corrected chi connectivity index (χ0v) is 6.50. The van der Waals surface area contributed by atoms with Gasteiger partial charge in [0.1, 0.15) is 0 Å². The Kier molecular flexibility index (Phi) is 3.78. The highest BCUT2D eigenvalue weighted by atomic mass is 19.1. The Labute approximate surface area is 56.6 Å². The minimum atomic E-state index is -0.203. The van der Waals surface area contributed by atoms with Crippen LogP contribution in [0.15, 0.2) is 0 Å². The fourth-order valence-corrected chi connectivity index (χ4v) is 0.634. The van der Waals surface area contributed by atoms with Gasteiger partial charge >= 0.3 is 0 Å². The molecule has 0 atom stereocenters. The van der Waals surface area contributed by atoms with Crippen LogP contribution in [-0.2, 0) is 0 Å². The summed E-state index contributed by atoms with van der Waals surface area (Å²) in [6, 6.07) is 0. The first-order chi connectivity index (χ1) is 4.12. The van der Waals surface area contributed by atoms with E-state index in [1.165, 1.54) is 0 Å². The normalized spacial score (nSPS) is 12.0. The second kappa shape index (κ2) is 3.83. The Morgan fingerprint density at radius 2 is 2.00 bits per heavy atom. The van der Waals surface area contributed by atoms with Crippen LogP contribution in [0, 0.1) is 0 Å². The molecule has 0 rings (SSSR count). The molecule has 9 heavy (non-hydrogen) atoms. The van der Waals surface area contributed by atoms with E-state index in [0.29, 0.717) is 6.42 Å². The predicted molar refractivity (Wildman–Crippen MR) is 38.3 cm³/mol. The van der Waals surface area contributed by atoms with Gasteiger partial charge in [-0.3, -0.25) is 4.39 Å². The third kappa shape index (κ3) is 4.40. The van der Waals surface area contributed by atoms with Gasteiger partial charge in [-0.1, -0.05) is 0 Å².